The van der Waals surface area contributed by atoms with Crippen molar-refractivity contribution in [2.24, 2.45) is 5.92 Å². The Morgan fingerprint density at radius 2 is 1.81 bits per heavy atom. The lowest BCUT2D eigenvalue weighted by atomic mass is 9.77. The van der Waals surface area contributed by atoms with Gasteiger partial charge in [-0.1, -0.05) is 66.2 Å². The van der Waals surface area contributed by atoms with Gasteiger partial charge in [0.25, 0.3) is 0 Å². The third kappa shape index (κ3) is 5.57. The fraction of sp³-hybridized carbons (Fsp3) is 0.696. The number of carbonyl (C=O) groups is 1. The Kier molecular flexibility index (Phi) is 6.55. The van der Waals surface area contributed by atoms with Crippen LogP contribution in [0.3, 0.4) is 0 Å². The second-order valence-electron chi connectivity index (χ2n) is 9.84. The highest BCUT2D eigenvalue weighted by atomic mass is 16.5. The van der Waals surface area contributed by atoms with Gasteiger partial charge in [0, 0.05) is 0 Å². The van der Waals surface area contributed by atoms with Gasteiger partial charge in [0.05, 0.1) is 6.10 Å². The zero-order valence-electron chi connectivity index (χ0n) is 17.4. The molecule has 1 saturated carbocycles. The minimum absolute atomic E-state index is 0.109. The number of rotatable bonds is 6. The summed E-state index contributed by atoms with van der Waals surface area (Å²) in [6.45, 7) is 13.5. The van der Waals surface area contributed by atoms with Gasteiger partial charge in [0.2, 0.25) is 0 Å². The maximum Gasteiger partial charge on any atom is 0.329 e. The van der Waals surface area contributed by atoms with Crippen molar-refractivity contribution in [3.8, 4) is 0 Å². The standard InChI is InChI=1S/C23H36O3/c1-22(2,3)18-13-12-16(19(14-18)23(4,5)6)10-11-17-8-7-9-20(17)26-15-21(24)25/h12-14,17,20H,7-11,15H2,1-6H3,(H,24,25)/t17-,20+/m0/s1. The van der Waals surface area contributed by atoms with Crippen LogP contribution < -0.4 is 0 Å². The maximum atomic E-state index is 10.8. The number of aliphatic carboxylic acids is 1. The Morgan fingerprint density at radius 1 is 1.12 bits per heavy atom. The van der Waals surface area contributed by atoms with Gasteiger partial charge in [-0.3, -0.25) is 0 Å². The van der Waals surface area contributed by atoms with Crippen molar-refractivity contribution in [3.63, 3.8) is 0 Å². The van der Waals surface area contributed by atoms with Crippen LogP contribution in [0.5, 0.6) is 0 Å². The zero-order valence-corrected chi connectivity index (χ0v) is 17.4. The van der Waals surface area contributed by atoms with Gasteiger partial charge >= 0.3 is 5.97 Å². The van der Waals surface area contributed by atoms with Gasteiger partial charge in [0.1, 0.15) is 6.61 Å². The van der Waals surface area contributed by atoms with Crippen LogP contribution in [0.4, 0.5) is 0 Å². The quantitative estimate of drug-likeness (QED) is 0.730. The van der Waals surface area contributed by atoms with Crippen molar-refractivity contribution in [1.82, 2.24) is 0 Å². The van der Waals surface area contributed by atoms with Crippen molar-refractivity contribution >= 4 is 5.97 Å². The maximum absolute atomic E-state index is 10.8. The molecule has 2 rings (SSSR count). The molecule has 1 aliphatic rings. The van der Waals surface area contributed by atoms with Crippen molar-refractivity contribution in [2.45, 2.75) is 90.6 Å². The molecule has 146 valence electrons. The first-order valence-corrected chi connectivity index (χ1v) is 9.96. The molecular formula is C23H36O3. The number of hydrogen-bond acceptors (Lipinski definition) is 2. The molecule has 1 aromatic carbocycles. The van der Waals surface area contributed by atoms with Crippen LogP contribution in [-0.2, 0) is 26.8 Å². The van der Waals surface area contributed by atoms with Gasteiger partial charge < -0.3 is 9.84 Å². The summed E-state index contributed by atoms with van der Waals surface area (Å²) in [5.74, 6) is -0.395. The molecule has 1 N–H and O–H groups in total. The third-order valence-electron chi connectivity index (χ3n) is 5.58. The monoisotopic (exact) mass is 360 g/mol. The normalized spacial score (nSPS) is 21.2. The molecule has 26 heavy (non-hydrogen) atoms. The Morgan fingerprint density at radius 3 is 2.38 bits per heavy atom. The lowest BCUT2D eigenvalue weighted by Gasteiger charge is -2.28. The average molecular weight is 361 g/mol. The Hall–Kier alpha value is -1.35. The van der Waals surface area contributed by atoms with E-state index in [1.807, 2.05) is 0 Å². The first-order valence-electron chi connectivity index (χ1n) is 9.96. The van der Waals surface area contributed by atoms with E-state index in [-0.39, 0.29) is 23.5 Å². The lowest BCUT2D eigenvalue weighted by Crippen LogP contribution is -2.23. The highest BCUT2D eigenvalue weighted by Gasteiger charge is 2.29. The molecule has 3 nitrogen and oxygen atoms in total. The summed E-state index contributed by atoms with van der Waals surface area (Å²) in [6, 6.07) is 6.98. The Balaban J connectivity index is 2.12. The van der Waals surface area contributed by atoms with Crippen LogP contribution in [0.15, 0.2) is 18.2 Å². The van der Waals surface area contributed by atoms with Crippen LogP contribution in [0, 0.1) is 5.92 Å². The fourth-order valence-electron chi connectivity index (χ4n) is 4.03. The average Bonchev–Trinajstić information content (AvgIpc) is 2.96. The molecule has 2 atom stereocenters. The third-order valence-corrected chi connectivity index (χ3v) is 5.58. The topological polar surface area (TPSA) is 46.5 Å². The minimum atomic E-state index is -0.872. The van der Waals surface area contributed by atoms with Gasteiger partial charge in [-0.25, -0.2) is 4.79 Å². The molecule has 1 aliphatic carbocycles. The predicted octanol–water partition coefficient (Wildman–Crippen LogP) is 5.48. The van der Waals surface area contributed by atoms with Crippen molar-refractivity contribution in [1.29, 1.82) is 0 Å². The highest BCUT2D eigenvalue weighted by molar-refractivity contribution is 5.68. The molecule has 0 unspecified atom stereocenters. The van der Waals surface area contributed by atoms with Crippen LogP contribution in [0.2, 0.25) is 0 Å². The summed E-state index contributed by atoms with van der Waals surface area (Å²) in [4.78, 5) is 10.8. The predicted molar refractivity (Wildman–Crippen MR) is 107 cm³/mol. The van der Waals surface area contributed by atoms with E-state index in [1.165, 1.54) is 16.7 Å². The summed E-state index contributed by atoms with van der Waals surface area (Å²) in [5, 5.41) is 8.86. The Labute approximate surface area is 159 Å². The highest BCUT2D eigenvalue weighted by Crippen LogP contribution is 2.35. The van der Waals surface area contributed by atoms with E-state index in [1.54, 1.807) is 0 Å². The molecule has 0 amide bonds. The SMILES string of the molecule is CC(C)(C)c1ccc(CC[C@@H]2CCC[C@H]2OCC(=O)O)c(C(C)(C)C)c1. The van der Waals surface area contributed by atoms with E-state index in [0.29, 0.717) is 5.92 Å². The molecule has 0 spiro atoms. The molecule has 0 bridgehead atoms. The number of ether oxygens (including phenoxy) is 1. The van der Waals surface area contributed by atoms with Crippen molar-refractivity contribution in [3.05, 3.63) is 34.9 Å². The van der Waals surface area contributed by atoms with Crippen LogP contribution in [-0.4, -0.2) is 23.8 Å². The molecule has 1 aromatic rings. The Bertz CT molecular complexity index is 619. The molecule has 0 aliphatic heterocycles. The number of carboxylic acid groups (broad SMARTS) is 1. The second kappa shape index (κ2) is 8.12. The summed E-state index contributed by atoms with van der Waals surface area (Å²) in [7, 11) is 0. The lowest BCUT2D eigenvalue weighted by molar-refractivity contribution is -0.145. The van der Waals surface area contributed by atoms with E-state index < -0.39 is 5.97 Å². The fourth-order valence-corrected chi connectivity index (χ4v) is 4.03. The van der Waals surface area contributed by atoms with E-state index in [0.717, 1.165) is 32.1 Å². The molecule has 1 fully saturated rings. The summed E-state index contributed by atoms with van der Waals surface area (Å²) >= 11 is 0. The number of benzene rings is 1. The van der Waals surface area contributed by atoms with Crippen LogP contribution >= 0.6 is 0 Å². The summed E-state index contributed by atoms with van der Waals surface area (Å²) in [6.07, 6.45) is 5.50. The van der Waals surface area contributed by atoms with Gasteiger partial charge in [-0.15, -0.1) is 0 Å². The van der Waals surface area contributed by atoms with E-state index in [9.17, 15) is 4.79 Å². The second-order valence-corrected chi connectivity index (χ2v) is 9.84. The van der Waals surface area contributed by atoms with Crippen LogP contribution in [0.1, 0.15) is 83.9 Å². The number of aryl methyl sites for hydroxylation is 1. The van der Waals surface area contributed by atoms with Gasteiger partial charge in [-0.05, 0) is 59.1 Å². The minimum Gasteiger partial charge on any atom is -0.480 e. The molecule has 3 heteroatoms. The summed E-state index contributed by atoms with van der Waals surface area (Å²) in [5.41, 5.74) is 4.51. The zero-order chi connectivity index (χ0) is 19.5. The van der Waals surface area contributed by atoms with E-state index in [2.05, 4.69) is 59.7 Å². The molecule has 0 radical (unpaired) electrons. The van der Waals surface area contributed by atoms with E-state index >= 15 is 0 Å². The summed E-state index contributed by atoms with van der Waals surface area (Å²) < 4.78 is 5.63. The molecule has 0 aromatic heterocycles. The van der Waals surface area contributed by atoms with Gasteiger partial charge in [0.15, 0.2) is 0 Å². The molecule has 0 saturated heterocycles. The van der Waals surface area contributed by atoms with Gasteiger partial charge in [-0.2, -0.15) is 0 Å². The molecule has 0 heterocycles. The van der Waals surface area contributed by atoms with Crippen molar-refractivity contribution in [2.75, 3.05) is 6.61 Å². The van der Waals surface area contributed by atoms with Crippen LogP contribution in [0.25, 0.3) is 0 Å². The first kappa shape index (κ1) is 21.0. The first-order chi connectivity index (χ1) is 12.0. The number of hydrogen-bond donors (Lipinski definition) is 1. The molecular weight excluding hydrogens is 324 g/mol. The largest absolute Gasteiger partial charge is 0.480 e. The smallest absolute Gasteiger partial charge is 0.329 e. The number of carboxylic acids is 1. The van der Waals surface area contributed by atoms with Crippen molar-refractivity contribution < 1.29 is 14.6 Å². The van der Waals surface area contributed by atoms with E-state index in [4.69, 9.17) is 9.84 Å².